The number of rotatable bonds is 10. The topological polar surface area (TPSA) is 67.9 Å². The zero-order valence-corrected chi connectivity index (χ0v) is 22.0. The highest BCUT2D eigenvalue weighted by atomic mass is 35.5. The minimum absolute atomic E-state index is 0.0494. The third-order valence-corrected chi connectivity index (χ3v) is 6.41. The number of ether oxygens (including phenoxy) is 2. The molecule has 3 aromatic rings. The molecule has 0 aliphatic carbocycles. The second kappa shape index (κ2) is 12.6. The molecule has 1 unspecified atom stereocenters. The number of nitrogens with zero attached hydrogens (tertiary/aromatic N) is 1. The highest BCUT2D eigenvalue weighted by molar-refractivity contribution is 6.30. The van der Waals surface area contributed by atoms with Crippen molar-refractivity contribution in [2.24, 2.45) is 0 Å². The molecule has 0 fully saturated rings. The predicted molar refractivity (Wildman–Crippen MR) is 145 cm³/mol. The van der Waals surface area contributed by atoms with Crippen molar-refractivity contribution in [1.82, 2.24) is 10.2 Å². The van der Waals surface area contributed by atoms with E-state index >= 15 is 0 Å². The van der Waals surface area contributed by atoms with Crippen molar-refractivity contribution in [2.45, 2.75) is 51.7 Å². The molecule has 2 amide bonds. The third kappa shape index (κ3) is 7.49. The standard InChI is InChI=1S/C30H33ClN2O4/c1-21(2)32-30(35)26(18-22-7-4-3-5-8-22)33(20-24-9-6-10-25(31)17-24)29(34)14-12-23-11-13-27-28(19-23)37-16-15-36-27/h3-11,13,17,19,21,26H,12,14-16,18,20H2,1-2H3,(H,32,35). The molecule has 0 saturated carbocycles. The van der Waals surface area contributed by atoms with Gasteiger partial charge in [-0.2, -0.15) is 0 Å². The van der Waals surface area contributed by atoms with Crippen LogP contribution in [0.2, 0.25) is 5.02 Å². The Morgan fingerprint density at radius 1 is 0.892 bits per heavy atom. The van der Waals surface area contributed by atoms with Crippen LogP contribution in [0.1, 0.15) is 37.0 Å². The molecule has 1 heterocycles. The Labute approximate surface area is 223 Å². The van der Waals surface area contributed by atoms with Gasteiger partial charge in [0.2, 0.25) is 11.8 Å². The smallest absolute Gasteiger partial charge is 0.243 e. The Morgan fingerprint density at radius 2 is 1.62 bits per heavy atom. The maximum atomic E-state index is 13.8. The molecule has 1 aliphatic heterocycles. The molecular formula is C30H33ClN2O4. The summed E-state index contributed by atoms with van der Waals surface area (Å²) in [5.41, 5.74) is 2.84. The number of amides is 2. The number of carbonyl (C=O) groups excluding carboxylic acids is 2. The van der Waals surface area contributed by atoms with Crippen LogP contribution in [0.4, 0.5) is 0 Å². The number of carbonyl (C=O) groups is 2. The minimum atomic E-state index is -0.670. The fraction of sp³-hybridized carbons (Fsp3) is 0.333. The van der Waals surface area contributed by atoms with E-state index in [4.69, 9.17) is 21.1 Å². The zero-order chi connectivity index (χ0) is 26.2. The Balaban J connectivity index is 1.59. The highest BCUT2D eigenvalue weighted by Gasteiger charge is 2.30. The molecule has 0 spiro atoms. The van der Waals surface area contributed by atoms with Crippen LogP contribution >= 0.6 is 11.6 Å². The monoisotopic (exact) mass is 520 g/mol. The summed E-state index contributed by atoms with van der Waals surface area (Å²) in [6, 6.07) is 22.2. The van der Waals surface area contributed by atoms with E-state index < -0.39 is 6.04 Å². The molecular weight excluding hydrogens is 488 g/mol. The van der Waals surface area contributed by atoms with Gasteiger partial charge in [-0.3, -0.25) is 9.59 Å². The van der Waals surface area contributed by atoms with Gasteiger partial charge in [-0.25, -0.2) is 0 Å². The lowest BCUT2D eigenvalue weighted by Gasteiger charge is -2.32. The van der Waals surface area contributed by atoms with Gasteiger partial charge in [0.05, 0.1) is 0 Å². The molecule has 4 rings (SSSR count). The first-order valence-corrected chi connectivity index (χ1v) is 13.0. The lowest BCUT2D eigenvalue weighted by Crippen LogP contribution is -2.51. The van der Waals surface area contributed by atoms with E-state index in [2.05, 4.69) is 5.32 Å². The van der Waals surface area contributed by atoms with Crippen LogP contribution in [-0.2, 0) is 29.0 Å². The van der Waals surface area contributed by atoms with Gasteiger partial charge in [0.25, 0.3) is 0 Å². The Hall–Kier alpha value is -3.51. The average Bonchev–Trinajstić information content (AvgIpc) is 2.89. The summed E-state index contributed by atoms with van der Waals surface area (Å²) in [5.74, 6) is 1.14. The third-order valence-electron chi connectivity index (χ3n) is 6.18. The molecule has 1 N–H and O–H groups in total. The quantitative estimate of drug-likeness (QED) is 0.398. The van der Waals surface area contributed by atoms with E-state index in [0.717, 1.165) is 22.4 Å². The number of fused-ring (bicyclic) bond motifs is 1. The van der Waals surface area contributed by atoms with Crippen LogP contribution < -0.4 is 14.8 Å². The molecule has 1 atom stereocenters. The van der Waals surface area contributed by atoms with E-state index in [1.807, 2.05) is 80.6 Å². The van der Waals surface area contributed by atoms with Crippen molar-refractivity contribution < 1.29 is 19.1 Å². The second-order valence-electron chi connectivity index (χ2n) is 9.50. The summed E-state index contributed by atoms with van der Waals surface area (Å²) in [6.45, 7) is 5.16. The zero-order valence-electron chi connectivity index (χ0n) is 21.3. The van der Waals surface area contributed by atoms with Gasteiger partial charge in [-0.05, 0) is 61.2 Å². The lowest BCUT2D eigenvalue weighted by atomic mass is 10.0. The molecule has 0 radical (unpaired) electrons. The van der Waals surface area contributed by atoms with Crippen LogP contribution in [0.3, 0.4) is 0 Å². The van der Waals surface area contributed by atoms with Gasteiger partial charge >= 0.3 is 0 Å². The summed E-state index contributed by atoms with van der Waals surface area (Å²) >= 11 is 6.24. The van der Waals surface area contributed by atoms with E-state index in [0.29, 0.717) is 36.8 Å². The first kappa shape index (κ1) is 26.6. The minimum Gasteiger partial charge on any atom is -0.486 e. The van der Waals surface area contributed by atoms with Crippen LogP contribution in [0, 0.1) is 0 Å². The second-order valence-corrected chi connectivity index (χ2v) is 9.93. The van der Waals surface area contributed by atoms with Crippen molar-refractivity contribution in [3.05, 3.63) is 94.5 Å². The molecule has 0 aromatic heterocycles. The van der Waals surface area contributed by atoms with Crippen molar-refractivity contribution >= 4 is 23.4 Å². The number of benzene rings is 3. The summed E-state index contributed by atoms with van der Waals surface area (Å²) in [4.78, 5) is 28.9. The first-order chi connectivity index (χ1) is 17.9. The van der Waals surface area contributed by atoms with Gasteiger partial charge in [-0.15, -0.1) is 0 Å². The van der Waals surface area contributed by atoms with Gasteiger partial charge in [0.15, 0.2) is 11.5 Å². The average molecular weight is 521 g/mol. The molecule has 1 aliphatic rings. The number of hydrogen-bond acceptors (Lipinski definition) is 4. The predicted octanol–water partition coefficient (Wildman–Crippen LogP) is 5.21. The Kier molecular flexibility index (Phi) is 9.07. The van der Waals surface area contributed by atoms with Gasteiger partial charge in [-0.1, -0.05) is 60.1 Å². The fourth-order valence-electron chi connectivity index (χ4n) is 4.40. The lowest BCUT2D eigenvalue weighted by molar-refractivity contribution is -0.141. The summed E-state index contributed by atoms with van der Waals surface area (Å²) in [6.07, 6.45) is 1.18. The first-order valence-electron chi connectivity index (χ1n) is 12.7. The molecule has 0 saturated heterocycles. The maximum absolute atomic E-state index is 13.8. The van der Waals surface area contributed by atoms with Gasteiger partial charge < -0.3 is 19.7 Å². The van der Waals surface area contributed by atoms with Crippen molar-refractivity contribution in [3.8, 4) is 11.5 Å². The van der Waals surface area contributed by atoms with Crippen molar-refractivity contribution in [1.29, 1.82) is 0 Å². The van der Waals surface area contributed by atoms with Crippen molar-refractivity contribution in [3.63, 3.8) is 0 Å². The SMILES string of the molecule is CC(C)NC(=O)C(Cc1ccccc1)N(Cc1cccc(Cl)c1)C(=O)CCc1ccc2c(c1)OCCO2. The Morgan fingerprint density at radius 3 is 2.35 bits per heavy atom. The van der Waals surface area contributed by atoms with E-state index in [-0.39, 0.29) is 30.8 Å². The van der Waals surface area contributed by atoms with Crippen molar-refractivity contribution in [2.75, 3.05) is 13.2 Å². The van der Waals surface area contributed by atoms with E-state index in [1.54, 1.807) is 11.0 Å². The molecule has 7 heteroatoms. The largest absolute Gasteiger partial charge is 0.486 e. The van der Waals surface area contributed by atoms with Gasteiger partial charge in [0.1, 0.15) is 19.3 Å². The molecule has 37 heavy (non-hydrogen) atoms. The Bertz CT molecular complexity index is 1220. The fourth-order valence-corrected chi connectivity index (χ4v) is 4.62. The van der Waals surface area contributed by atoms with E-state index in [1.165, 1.54) is 0 Å². The van der Waals surface area contributed by atoms with Crippen LogP contribution in [0.15, 0.2) is 72.8 Å². The summed E-state index contributed by atoms with van der Waals surface area (Å²) in [5, 5.41) is 3.60. The normalized spacial score (nSPS) is 13.2. The molecule has 194 valence electrons. The molecule has 0 bridgehead atoms. The van der Waals surface area contributed by atoms with E-state index in [9.17, 15) is 9.59 Å². The number of halogens is 1. The van der Waals surface area contributed by atoms with Gasteiger partial charge in [0, 0.05) is 30.5 Å². The highest BCUT2D eigenvalue weighted by Crippen LogP contribution is 2.31. The van der Waals surface area contributed by atoms with Crippen LogP contribution in [0.25, 0.3) is 0 Å². The summed E-state index contributed by atoms with van der Waals surface area (Å²) in [7, 11) is 0. The number of hydrogen-bond donors (Lipinski definition) is 1. The summed E-state index contributed by atoms with van der Waals surface area (Å²) < 4.78 is 11.3. The van der Waals surface area contributed by atoms with Crippen LogP contribution in [0.5, 0.6) is 11.5 Å². The van der Waals surface area contributed by atoms with Crippen LogP contribution in [-0.4, -0.2) is 42.0 Å². The molecule has 3 aromatic carbocycles. The number of aryl methyl sites for hydroxylation is 1. The number of nitrogens with one attached hydrogen (secondary N) is 1. The molecule has 6 nitrogen and oxygen atoms in total. The maximum Gasteiger partial charge on any atom is 0.243 e.